The second-order valence-electron chi connectivity index (χ2n) is 9.11. The maximum absolute atomic E-state index is 13.4. The van der Waals surface area contributed by atoms with E-state index >= 15 is 0 Å². The molecule has 2 fully saturated rings. The Balaban J connectivity index is 1.59. The van der Waals surface area contributed by atoms with Gasteiger partial charge in [0.1, 0.15) is 0 Å². The van der Waals surface area contributed by atoms with Crippen LogP contribution in [0.1, 0.15) is 39.3 Å². The van der Waals surface area contributed by atoms with E-state index in [2.05, 4.69) is 5.10 Å². The van der Waals surface area contributed by atoms with Gasteiger partial charge < -0.3 is 14.9 Å². The number of nitriles is 1. The van der Waals surface area contributed by atoms with Gasteiger partial charge in [-0.1, -0.05) is 0 Å². The predicted molar refractivity (Wildman–Crippen MR) is 115 cm³/mol. The molecule has 0 spiro atoms. The molecule has 2 aliphatic heterocycles. The van der Waals surface area contributed by atoms with Crippen LogP contribution < -0.4 is 4.90 Å². The summed E-state index contributed by atoms with van der Waals surface area (Å²) in [5, 5.41) is 23.6. The number of carbonyl (C=O) groups is 1. The molecule has 7 nitrogen and oxygen atoms in total. The number of halogens is 3. The minimum absolute atomic E-state index is 0.0949. The van der Waals surface area contributed by atoms with Crippen molar-refractivity contribution in [2.75, 3.05) is 37.7 Å². The summed E-state index contributed by atoms with van der Waals surface area (Å²) in [4.78, 5) is 16.8. The van der Waals surface area contributed by atoms with Crippen LogP contribution in [0.15, 0.2) is 18.2 Å². The molecule has 2 saturated heterocycles. The molecule has 1 N–H and O–H groups in total. The molecule has 0 aliphatic carbocycles. The van der Waals surface area contributed by atoms with Gasteiger partial charge in [0.25, 0.3) is 5.91 Å². The number of alkyl halides is 3. The SMILES string of the molecule is Cc1nn(C)c(C)c1C(=O)N1CC[C@@]2(CO)CN(c3ccc(C#N)c(C(F)(F)F)c3)C[C@H]2C1. The third-order valence-corrected chi connectivity index (χ3v) is 7.25. The molecule has 2 atom stereocenters. The number of piperidine rings is 1. The average molecular weight is 461 g/mol. The van der Waals surface area contributed by atoms with Gasteiger partial charge in [-0.15, -0.1) is 0 Å². The maximum Gasteiger partial charge on any atom is 0.417 e. The third-order valence-electron chi connectivity index (χ3n) is 7.25. The minimum atomic E-state index is -4.63. The summed E-state index contributed by atoms with van der Waals surface area (Å²) in [7, 11) is 1.79. The fourth-order valence-corrected chi connectivity index (χ4v) is 5.22. The van der Waals surface area contributed by atoms with Crippen LogP contribution in [0.25, 0.3) is 0 Å². The lowest BCUT2D eigenvalue weighted by Crippen LogP contribution is -2.50. The van der Waals surface area contributed by atoms with E-state index < -0.39 is 22.7 Å². The number of carbonyl (C=O) groups excluding carboxylic acids is 1. The molecular weight excluding hydrogens is 435 g/mol. The van der Waals surface area contributed by atoms with E-state index in [4.69, 9.17) is 5.26 Å². The Morgan fingerprint density at radius 3 is 2.64 bits per heavy atom. The molecule has 176 valence electrons. The van der Waals surface area contributed by atoms with Crippen molar-refractivity contribution in [1.82, 2.24) is 14.7 Å². The fourth-order valence-electron chi connectivity index (χ4n) is 5.22. The van der Waals surface area contributed by atoms with Crippen LogP contribution in [-0.2, 0) is 13.2 Å². The van der Waals surface area contributed by atoms with Crippen molar-refractivity contribution >= 4 is 11.6 Å². The quantitative estimate of drug-likeness (QED) is 0.760. The maximum atomic E-state index is 13.4. The number of hydrogen-bond acceptors (Lipinski definition) is 5. The van der Waals surface area contributed by atoms with Crippen LogP contribution in [0.3, 0.4) is 0 Å². The van der Waals surface area contributed by atoms with Gasteiger partial charge in [0.15, 0.2) is 0 Å². The Morgan fingerprint density at radius 2 is 2.06 bits per heavy atom. The first-order valence-corrected chi connectivity index (χ1v) is 10.8. The monoisotopic (exact) mass is 461 g/mol. The van der Waals surface area contributed by atoms with E-state index in [0.29, 0.717) is 49.5 Å². The second-order valence-corrected chi connectivity index (χ2v) is 9.11. The number of aliphatic hydroxyl groups is 1. The largest absolute Gasteiger partial charge is 0.417 e. The highest BCUT2D eigenvalue weighted by Gasteiger charge is 2.50. The van der Waals surface area contributed by atoms with E-state index in [9.17, 15) is 23.1 Å². The molecule has 10 heteroatoms. The van der Waals surface area contributed by atoms with Crippen molar-refractivity contribution in [3.8, 4) is 6.07 Å². The molecule has 0 bridgehead atoms. The molecule has 1 amide bonds. The summed E-state index contributed by atoms with van der Waals surface area (Å²) >= 11 is 0. The van der Waals surface area contributed by atoms with Gasteiger partial charge in [0, 0.05) is 55.9 Å². The van der Waals surface area contributed by atoms with Gasteiger partial charge >= 0.3 is 6.18 Å². The zero-order valence-electron chi connectivity index (χ0n) is 18.8. The molecule has 0 radical (unpaired) electrons. The molecule has 0 saturated carbocycles. The number of aliphatic hydroxyl groups excluding tert-OH is 1. The van der Waals surface area contributed by atoms with Crippen molar-refractivity contribution in [2.45, 2.75) is 26.4 Å². The van der Waals surface area contributed by atoms with Crippen molar-refractivity contribution in [3.05, 3.63) is 46.3 Å². The number of benzene rings is 1. The number of likely N-dealkylation sites (tertiary alicyclic amines) is 1. The normalized spacial score (nSPS) is 22.9. The van der Waals surface area contributed by atoms with Crippen molar-refractivity contribution < 1.29 is 23.1 Å². The molecule has 3 heterocycles. The van der Waals surface area contributed by atoms with Crippen LogP contribution in [-0.4, -0.2) is 58.5 Å². The lowest BCUT2D eigenvalue weighted by Gasteiger charge is -2.42. The summed E-state index contributed by atoms with van der Waals surface area (Å²) in [5.74, 6) is -0.205. The van der Waals surface area contributed by atoms with E-state index in [-0.39, 0.29) is 18.4 Å². The van der Waals surface area contributed by atoms with Gasteiger partial charge in [-0.05, 0) is 38.5 Å². The summed E-state index contributed by atoms with van der Waals surface area (Å²) < 4.78 is 42.0. The Morgan fingerprint density at radius 1 is 1.33 bits per heavy atom. The molecule has 33 heavy (non-hydrogen) atoms. The number of fused-ring (bicyclic) bond motifs is 1. The number of aryl methyl sites for hydroxylation is 2. The Labute approximate surface area is 190 Å². The van der Waals surface area contributed by atoms with Crippen molar-refractivity contribution in [1.29, 1.82) is 5.26 Å². The number of aromatic nitrogens is 2. The summed E-state index contributed by atoms with van der Waals surface area (Å²) in [5.41, 5.74) is 0.493. The minimum Gasteiger partial charge on any atom is -0.396 e. The predicted octanol–water partition coefficient (Wildman–Crippen LogP) is 2.89. The number of anilines is 1. The summed E-state index contributed by atoms with van der Waals surface area (Å²) in [6, 6.07) is 5.32. The number of hydrogen-bond donors (Lipinski definition) is 1. The molecule has 2 aliphatic rings. The van der Waals surface area contributed by atoms with Crippen LogP contribution >= 0.6 is 0 Å². The highest BCUT2D eigenvalue weighted by Crippen LogP contribution is 2.45. The Hall–Kier alpha value is -3.06. The van der Waals surface area contributed by atoms with Crippen molar-refractivity contribution in [2.24, 2.45) is 18.4 Å². The molecule has 2 aromatic rings. The van der Waals surface area contributed by atoms with Crippen LogP contribution in [0.4, 0.5) is 18.9 Å². The standard InChI is InChI=1S/C23H26F3N5O2/c1-14-20(15(2)29(3)28-14)21(33)30-7-6-22(13-32)12-31(11-17(22)10-30)18-5-4-16(9-27)19(8-18)23(24,25)26/h4-5,8,17,32H,6-7,10-13H2,1-3H3/t17-,22+/m1/s1. The zero-order valence-corrected chi connectivity index (χ0v) is 18.8. The highest BCUT2D eigenvalue weighted by atomic mass is 19.4. The lowest BCUT2D eigenvalue weighted by atomic mass is 9.73. The average Bonchev–Trinajstić information content (AvgIpc) is 3.28. The molecule has 0 unspecified atom stereocenters. The first-order chi connectivity index (χ1) is 15.5. The van der Waals surface area contributed by atoms with Gasteiger partial charge in [0.2, 0.25) is 0 Å². The first kappa shape index (κ1) is 23.1. The van der Waals surface area contributed by atoms with Crippen LogP contribution in [0.2, 0.25) is 0 Å². The number of rotatable bonds is 3. The fraction of sp³-hybridized carbons (Fsp3) is 0.522. The van der Waals surface area contributed by atoms with Crippen molar-refractivity contribution in [3.63, 3.8) is 0 Å². The van der Waals surface area contributed by atoms with E-state index in [0.717, 1.165) is 11.8 Å². The number of nitrogens with zero attached hydrogens (tertiary/aromatic N) is 5. The van der Waals surface area contributed by atoms with Gasteiger partial charge in [-0.2, -0.15) is 23.5 Å². The molecule has 4 rings (SSSR count). The van der Waals surface area contributed by atoms with Gasteiger partial charge in [-0.25, -0.2) is 0 Å². The smallest absolute Gasteiger partial charge is 0.396 e. The third kappa shape index (κ3) is 3.84. The first-order valence-electron chi connectivity index (χ1n) is 10.8. The van der Waals surface area contributed by atoms with Crippen LogP contribution in [0, 0.1) is 36.5 Å². The van der Waals surface area contributed by atoms with Crippen LogP contribution in [0.5, 0.6) is 0 Å². The molecular formula is C23H26F3N5O2. The molecule has 1 aromatic heterocycles. The second kappa shape index (κ2) is 8.06. The molecule has 1 aromatic carbocycles. The Kier molecular flexibility index (Phi) is 5.65. The van der Waals surface area contributed by atoms with E-state index in [1.807, 2.05) is 11.8 Å². The Bertz CT molecular complexity index is 1140. The zero-order chi connectivity index (χ0) is 24.1. The highest BCUT2D eigenvalue weighted by molar-refractivity contribution is 5.96. The van der Waals surface area contributed by atoms with E-state index in [1.165, 1.54) is 12.1 Å². The number of amides is 1. The lowest BCUT2D eigenvalue weighted by molar-refractivity contribution is -0.137. The van der Waals surface area contributed by atoms with Gasteiger partial charge in [0.05, 0.1) is 35.1 Å². The van der Waals surface area contributed by atoms with Gasteiger partial charge in [-0.3, -0.25) is 9.48 Å². The summed E-state index contributed by atoms with van der Waals surface area (Å²) in [6.07, 6.45) is -4.08. The summed E-state index contributed by atoms with van der Waals surface area (Å²) in [6.45, 7) is 5.20. The topological polar surface area (TPSA) is 85.4 Å². The van der Waals surface area contributed by atoms with E-state index in [1.54, 1.807) is 29.6 Å².